The predicted molar refractivity (Wildman–Crippen MR) is 74.3 cm³/mol. The molecule has 2 unspecified atom stereocenters. The van der Waals surface area contributed by atoms with E-state index in [0.717, 1.165) is 24.8 Å². The molecule has 0 aliphatic heterocycles. The molecule has 100 valence electrons. The van der Waals surface area contributed by atoms with Crippen molar-refractivity contribution in [3.8, 4) is 0 Å². The average Bonchev–Trinajstić information content (AvgIpc) is 2.34. The van der Waals surface area contributed by atoms with Crippen molar-refractivity contribution in [1.29, 1.82) is 0 Å². The first-order valence-electron chi connectivity index (χ1n) is 6.78. The van der Waals surface area contributed by atoms with Crippen molar-refractivity contribution in [3.05, 3.63) is 34.6 Å². The quantitative estimate of drug-likeness (QED) is 0.869. The fourth-order valence-corrected chi connectivity index (χ4v) is 3.41. The Bertz CT molecular complexity index is 421. The molecule has 0 aromatic heterocycles. The van der Waals surface area contributed by atoms with Crippen molar-refractivity contribution in [1.82, 2.24) is 0 Å². The van der Waals surface area contributed by atoms with Crippen LogP contribution in [0.3, 0.4) is 0 Å². The highest BCUT2D eigenvalue weighted by atomic mass is 35.5. The molecule has 0 amide bonds. The Kier molecular flexibility index (Phi) is 4.29. The smallest absolute Gasteiger partial charge is 0.141 e. The molecule has 0 heterocycles. The summed E-state index contributed by atoms with van der Waals surface area (Å²) in [6.07, 6.45) is 6.66. The van der Waals surface area contributed by atoms with E-state index >= 15 is 0 Å². The molecule has 1 nitrogen and oxygen atoms in total. The summed E-state index contributed by atoms with van der Waals surface area (Å²) in [7, 11) is 0. The van der Waals surface area contributed by atoms with Crippen LogP contribution in [0.5, 0.6) is 0 Å². The maximum Gasteiger partial charge on any atom is 0.141 e. The monoisotopic (exact) mass is 269 g/mol. The third kappa shape index (κ3) is 2.86. The molecule has 3 heteroatoms. The van der Waals surface area contributed by atoms with Gasteiger partial charge in [0.2, 0.25) is 0 Å². The molecule has 1 aliphatic carbocycles. The first-order valence-corrected chi connectivity index (χ1v) is 7.16. The Hall–Kier alpha value is -0.600. The summed E-state index contributed by atoms with van der Waals surface area (Å²) < 4.78 is 13.2. The highest BCUT2D eigenvalue weighted by Crippen LogP contribution is 2.36. The van der Waals surface area contributed by atoms with Gasteiger partial charge in [-0.05, 0) is 42.9 Å². The van der Waals surface area contributed by atoms with E-state index in [1.807, 2.05) is 0 Å². The van der Waals surface area contributed by atoms with Crippen molar-refractivity contribution in [3.63, 3.8) is 0 Å². The molecule has 2 rings (SSSR count). The topological polar surface area (TPSA) is 26.0 Å². The van der Waals surface area contributed by atoms with E-state index in [1.165, 1.54) is 25.3 Å². The largest absolute Gasteiger partial charge is 0.325 e. The molecular weight excluding hydrogens is 249 g/mol. The van der Waals surface area contributed by atoms with E-state index in [0.29, 0.717) is 5.92 Å². The molecule has 1 aliphatic rings. The Morgan fingerprint density at radius 2 is 2.22 bits per heavy atom. The minimum atomic E-state index is -0.359. The third-order valence-electron chi connectivity index (χ3n) is 4.27. The number of rotatable bonds is 3. The molecule has 1 aromatic carbocycles. The second-order valence-electron chi connectivity index (χ2n) is 5.51. The molecule has 18 heavy (non-hydrogen) atoms. The van der Waals surface area contributed by atoms with Crippen LogP contribution in [-0.2, 0) is 6.42 Å². The van der Waals surface area contributed by atoms with Crippen LogP contribution in [-0.4, -0.2) is 5.54 Å². The maximum atomic E-state index is 13.2. The SMILES string of the molecule is CCC1CCCCC1(N)Cc1ccc(F)c(Cl)c1. The van der Waals surface area contributed by atoms with Crippen LogP contribution >= 0.6 is 11.6 Å². The van der Waals surface area contributed by atoms with Gasteiger partial charge in [-0.15, -0.1) is 0 Å². The van der Waals surface area contributed by atoms with Gasteiger partial charge in [0.05, 0.1) is 5.02 Å². The van der Waals surface area contributed by atoms with E-state index in [2.05, 4.69) is 6.92 Å². The average molecular weight is 270 g/mol. The second kappa shape index (κ2) is 5.58. The Balaban J connectivity index is 2.17. The summed E-state index contributed by atoms with van der Waals surface area (Å²) in [4.78, 5) is 0. The lowest BCUT2D eigenvalue weighted by Crippen LogP contribution is -2.50. The van der Waals surface area contributed by atoms with Gasteiger partial charge in [0.1, 0.15) is 5.82 Å². The lowest BCUT2D eigenvalue weighted by molar-refractivity contribution is 0.182. The number of nitrogens with two attached hydrogens (primary N) is 1. The standard InChI is InChI=1S/C15H21ClFN/c1-2-12-5-3-4-8-15(12,18)10-11-6-7-14(17)13(16)9-11/h6-7,9,12H,2-5,8,10,18H2,1H3. The highest BCUT2D eigenvalue weighted by molar-refractivity contribution is 6.30. The predicted octanol–water partition coefficient (Wildman–Crippen LogP) is 4.32. The fraction of sp³-hybridized carbons (Fsp3) is 0.600. The molecule has 1 saturated carbocycles. The molecule has 2 N–H and O–H groups in total. The molecule has 0 radical (unpaired) electrons. The van der Waals surface area contributed by atoms with Crippen LogP contribution in [0.1, 0.15) is 44.6 Å². The zero-order valence-corrected chi connectivity index (χ0v) is 11.6. The van der Waals surface area contributed by atoms with Gasteiger partial charge in [-0.25, -0.2) is 4.39 Å². The fourth-order valence-electron chi connectivity index (χ4n) is 3.21. The van der Waals surface area contributed by atoms with Crippen LogP contribution < -0.4 is 5.73 Å². The summed E-state index contributed by atoms with van der Waals surface area (Å²) >= 11 is 5.83. The van der Waals surface area contributed by atoms with Gasteiger partial charge in [0.25, 0.3) is 0 Å². The number of hydrogen-bond acceptors (Lipinski definition) is 1. The number of hydrogen-bond donors (Lipinski definition) is 1. The van der Waals surface area contributed by atoms with Crippen LogP contribution in [0, 0.1) is 11.7 Å². The van der Waals surface area contributed by atoms with Gasteiger partial charge in [0.15, 0.2) is 0 Å². The first kappa shape index (κ1) is 13.8. The summed E-state index contributed by atoms with van der Waals surface area (Å²) in [6, 6.07) is 4.95. The molecular formula is C15H21ClFN. The first-order chi connectivity index (χ1) is 8.55. The Morgan fingerprint density at radius 1 is 1.44 bits per heavy atom. The van der Waals surface area contributed by atoms with Gasteiger partial charge in [0, 0.05) is 5.54 Å². The number of benzene rings is 1. The van der Waals surface area contributed by atoms with Gasteiger partial charge < -0.3 is 5.73 Å². The third-order valence-corrected chi connectivity index (χ3v) is 4.56. The summed E-state index contributed by atoms with van der Waals surface area (Å²) in [5.74, 6) is 0.206. The van der Waals surface area contributed by atoms with E-state index < -0.39 is 0 Å². The van der Waals surface area contributed by atoms with E-state index in [-0.39, 0.29) is 16.4 Å². The van der Waals surface area contributed by atoms with E-state index in [9.17, 15) is 4.39 Å². The van der Waals surface area contributed by atoms with Gasteiger partial charge in [-0.1, -0.05) is 43.9 Å². The van der Waals surface area contributed by atoms with E-state index in [4.69, 9.17) is 17.3 Å². The molecule has 1 fully saturated rings. The molecule has 0 saturated heterocycles. The van der Waals surface area contributed by atoms with Crippen LogP contribution in [0.4, 0.5) is 4.39 Å². The maximum absolute atomic E-state index is 13.2. The second-order valence-corrected chi connectivity index (χ2v) is 5.92. The Labute approximate surface area is 114 Å². The molecule has 2 atom stereocenters. The van der Waals surface area contributed by atoms with Crippen molar-refractivity contribution in [2.75, 3.05) is 0 Å². The van der Waals surface area contributed by atoms with E-state index in [1.54, 1.807) is 12.1 Å². The summed E-state index contributed by atoms with van der Waals surface area (Å²) in [5, 5.41) is 0.194. The Morgan fingerprint density at radius 3 is 2.89 bits per heavy atom. The zero-order chi connectivity index (χ0) is 13.2. The molecule has 1 aromatic rings. The van der Waals surface area contributed by atoms with Crippen molar-refractivity contribution < 1.29 is 4.39 Å². The van der Waals surface area contributed by atoms with Gasteiger partial charge >= 0.3 is 0 Å². The van der Waals surface area contributed by atoms with Crippen LogP contribution in [0.2, 0.25) is 5.02 Å². The van der Waals surface area contributed by atoms with Crippen molar-refractivity contribution in [2.24, 2.45) is 11.7 Å². The van der Waals surface area contributed by atoms with Gasteiger partial charge in [-0.3, -0.25) is 0 Å². The summed E-state index contributed by atoms with van der Waals surface area (Å²) in [6.45, 7) is 2.20. The lowest BCUT2D eigenvalue weighted by Gasteiger charge is -2.41. The highest BCUT2D eigenvalue weighted by Gasteiger charge is 2.35. The minimum absolute atomic E-state index is 0.145. The van der Waals surface area contributed by atoms with Crippen LogP contribution in [0.25, 0.3) is 0 Å². The normalized spacial score (nSPS) is 28.3. The molecule has 0 spiro atoms. The van der Waals surface area contributed by atoms with Gasteiger partial charge in [-0.2, -0.15) is 0 Å². The van der Waals surface area contributed by atoms with Crippen LogP contribution in [0.15, 0.2) is 18.2 Å². The zero-order valence-electron chi connectivity index (χ0n) is 10.9. The molecule has 0 bridgehead atoms. The summed E-state index contributed by atoms with van der Waals surface area (Å²) in [5.41, 5.74) is 7.50. The lowest BCUT2D eigenvalue weighted by atomic mass is 9.69. The minimum Gasteiger partial charge on any atom is -0.325 e. The number of halogens is 2. The van der Waals surface area contributed by atoms with Crippen molar-refractivity contribution in [2.45, 2.75) is 51.0 Å². The van der Waals surface area contributed by atoms with Crippen molar-refractivity contribution >= 4 is 11.6 Å².